The van der Waals surface area contributed by atoms with Crippen molar-refractivity contribution in [1.29, 1.82) is 0 Å². The second-order valence-corrected chi connectivity index (χ2v) is 6.18. The summed E-state index contributed by atoms with van der Waals surface area (Å²) in [6, 6.07) is 2.66. The molecule has 4 heterocycles. The van der Waals surface area contributed by atoms with Crippen LogP contribution in [0.5, 0.6) is 0 Å². The maximum absolute atomic E-state index is 5.52. The molecule has 0 bridgehead atoms. The van der Waals surface area contributed by atoms with E-state index in [4.69, 9.17) is 9.72 Å². The molecule has 0 spiro atoms. The Kier molecular flexibility index (Phi) is 2.91. The van der Waals surface area contributed by atoms with Crippen molar-refractivity contribution in [2.75, 3.05) is 24.7 Å². The molecule has 106 valence electrons. The van der Waals surface area contributed by atoms with Crippen molar-refractivity contribution in [3.63, 3.8) is 0 Å². The predicted octanol–water partition coefficient (Wildman–Crippen LogP) is 2.74. The minimum absolute atomic E-state index is 0.574. The smallest absolute Gasteiger partial charge is 0.138 e. The molecule has 0 aromatic carbocycles. The fraction of sp³-hybridized carbons (Fsp3) is 0.562. The van der Waals surface area contributed by atoms with Crippen molar-refractivity contribution >= 4 is 16.7 Å². The van der Waals surface area contributed by atoms with Crippen LogP contribution in [0.2, 0.25) is 0 Å². The summed E-state index contributed by atoms with van der Waals surface area (Å²) in [7, 11) is 0. The Morgan fingerprint density at radius 2 is 2.20 bits per heavy atom. The van der Waals surface area contributed by atoms with Gasteiger partial charge in [-0.2, -0.15) is 0 Å². The third-order valence-electron chi connectivity index (χ3n) is 4.63. The van der Waals surface area contributed by atoms with E-state index in [1.165, 1.54) is 22.3 Å². The Morgan fingerprint density at radius 3 is 3.05 bits per heavy atom. The van der Waals surface area contributed by atoms with Gasteiger partial charge in [0.2, 0.25) is 0 Å². The number of H-pyrrole nitrogens is 1. The van der Waals surface area contributed by atoms with E-state index in [0.29, 0.717) is 12.0 Å². The summed E-state index contributed by atoms with van der Waals surface area (Å²) >= 11 is 0. The topological polar surface area (TPSA) is 41.2 Å². The maximum atomic E-state index is 5.52. The van der Waals surface area contributed by atoms with Crippen LogP contribution in [0.4, 0.5) is 5.82 Å². The molecular weight excluding hydrogens is 250 g/mol. The van der Waals surface area contributed by atoms with Gasteiger partial charge < -0.3 is 14.6 Å². The summed E-state index contributed by atoms with van der Waals surface area (Å²) < 4.78 is 5.52. The molecule has 1 atom stereocenters. The number of aromatic nitrogens is 2. The molecule has 2 aliphatic rings. The van der Waals surface area contributed by atoms with Crippen LogP contribution in [0.15, 0.2) is 18.5 Å². The summed E-state index contributed by atoms with van der Waals surface area (Å²) in [6.07, 6.45) is 7.47. The number of nitrogens with one attached hydrogen (secondary N) is 1. The van der Waals surface area contributed by atoms with Crippen LogP contribution < -0.4 is 4.90 Å². The van der Waals surface area contributed by atoms with Gasteiger partial charge in [0.1, 0.15) is 5.82 Å². The Bertz CT molecular complexity index is 615. The lowest BCUT2D eigenvalue weighted by Gasteiger charge is -2.36. The van der Waals surface area contributed by atoms with E-state index in [2.05, 4.69) is 29.1 Å². The normalized spacial score (nSPS) is 24.1. The zero-order valence-corrected chi connectivity index (χ0v) is 11.9. The molecule has 0 saturated carbocycles. The summed E-state index contributed by atoms with van der Waals surface area (Å²) in [6.45, 7) is 5.21. The summed E-state index contributed by atoms with van der Waals surface area (Å²) in [5.41, 5.74) is 2.64. The average molecular weight is 271 g/mol. The van der Waals surface area contributed by atoms with Crippen molar-refractivity contribution in [3.05, 3.63) is 24.0 Å². The van der Waals surface area contributed by atoms with E-state index in [9.17, 15) is 0 Å². The highest BCUT2D eigenvalue weighted by Gasteiger charge is 2.29. The molecule has 4 rings (SSSR count). The number of ether oxygens (including phenoxy) is 1. The summed E-state index contributed by atoms with van der Waals surface area (Å²) in [5, 5.41) is 1.34. The number of pyridine rings is 1. The Balaban J connectivity index is 1.83. The first kappa shape index (κ1) is 12.2. The van der Waals surface area contributed by atoms with E-state index in [0.717, 1.165) is 39.0 Å². The third kappa shape index (κ3) is 1.90. The van der Waals surface area contributed by atoms with Gasteiger partial charge in [0, 0.05) is 43.6 Å². The van der Waals surface area contributed by atoms with Gasteiger partial charge in [-0.05, 0) is 36.8 Å². The first-order valence-corrected chi connectivity index (χ1v) is 7.62. The van der Waals surface area contributed by atoms with Gasteiger partial charge in [0.05, 0.1) is 5.52 Å². The fourth-order valence-electron chi connectivity index (χ4n) is 3.68. The van der Waals surface area contributed by atoms with Crippen molar-refractivity contribution in [2.45, 2.75) is 32.2 Å². The standard InChI is InChI=1S/C16H21N3O/c1-11-8-12-9-18-14-2-5-17-16(15(12)14)19(10-11)13-3-6-20-7-4-13/h2,5,9,11,13,18H,3-4,6-8,10H2,1H3. The average Bonchev–Trinajstić information content (AvgIpc) is 2.82. The minimum atomic E-state index is 0.574. The number of hydrogen-bond acceptors (Lipinski definition) is 3. The zero-order chi connectivity index (χ0) is 13.5. The molecule has 2 aromatic rings. The molecular formula is C16H21N3O. The predicted molar refractivity (Wildman–Crippen MR) is 80.1 cm³/mol. The molecule has 2 aromatic heterocycles. The number of aromatic amines is 1. The highest BCUT2D eigenvalue weighted by molar-refractivity contribution is 5.93. The molecule has 20 heavy (non-hydrogen) atoms. The second kappa shape index (κ2) is 4.77. The van der Waals surface area contributed by atoms with Crippen LogP contribution in [0.3, 0.4) is 0 Å². The SMILES string of the molecule is CC1Cc2c[nH]c3ccnc(c23)N(C2CCOCC2)C1. The van der Waals surface area contributed by atoms with E-state index in [1.807, 2.05) is 6.20 Å². The minimum Gasteiger partial charge on any atom is -0.381 e. The first-order chi connectivity index (χ1) is 9.83. The van der Waals surface area contributed by atoms with E-state index < -0.39 is 0 Å². The van der Waals surface area contributed by atoms with Gasteiger partial charge in [-0.25, -0.2) is 4.98 Å². The van der Waals surface area contributed by atoms with Gasteiger partial charge in [-0.15, -0.1) is 0 Å². The largest absolute Gasteiger partial charge is 0.381 e. The highest BCUT2D eigenvalue weighted by Crippen LogP contribution is 2.35. The van der Waals surface area contributed by atoms with Crippen LogP contribution in [0, 0.1) is 5.92 Å². The van der Waals surface area contributed by atoms with Gasteiger partial charge in [-0.1, -0.05) is 6.92 Å². The molecule has 0 radical (unpaired) electrons. The van der Waals surface area contributed by atoms with Gasteiger partial charge in [0.15, 0.2) is 0 Å². The highest BCUT2D eigenvalue weighted by atomic mass is 16.5. The van der Waals surface area contributed by atoms with E-state index in [1.54, 1.807) is 0 Å². The molecule has 1 fully saturated rings. The van der Waals surface area contributed by atoms with Crippen LogP contribution in [-0.4, -0.2) is 35.8 Å². The van der Waals surface area contributed by atoms with Crippen molar-refractivity contribution < 1.29 is 4.74 Å². The van der Waals surface area contributed by atoms with Crippen LogP contribution in [-0.2, 0) is 11.2 Å². The summed E-state index contributed by atoms with van der Waals surface area (Å²) in [5.74, 6) is 1.83. The summed E-state index contributed by atoms with van der Waals surface area (Å²) in [4.78, 5) is 10.7. The molecule has 1 N–H and O–H groups in total. The number of rotatable bonds is 1. The molecule has 4 heteroatoms. The van der Waals surface area contributed by atoms with Crippen LogP contribution in [0.1, 0.15) is 25.3 Å². The lowest BCUT2D eigenvalue weighted by Crippen LogP contribution is -2.42. The number of anilines is 1. The second-order valence-electron chi connectivity index (χ2n) is 6.18. The molecule has 0 amide bonds. The monoisotopic (exact) mass is 271 g/mol. The number of hydrogen-bond donors (Lipinski definition) is 1. The van der Waals surface area contributed by atoms with E-state index >= 15 is 0 Å². The van der Waals surface area contributed by atoms with Gasteiger partial charge in [0.25, 0.3) is 0 Å². The van der Waals surface area contributed by atoms with E-state index in [-0.39, 0.29) is 0 Å². The Hall–Kier alpha value is -1.55. The third-order valence-corrected chi connectivity index (χ3v) is 4.63. The van der Waals surface area contributed by atoms with Crippen LogP contribution >= 0.6 is 0 Å². The molecule has 2 aliphatic heterocycles. The van der Waals surface area contributed by atoms with Crippen molar-refractivity contribution in [2.24, 2.45) is 5.92 Å². The number of nitrogens with zero attached hydrogens (tertiary/aromatic N) is 2. The quantitative estimate of drug-likeness (QED) is 0.867. The van der Waals surface area contributed by atoms with Gasteiger partial charge in [-0.3, -0.25) is 0 Å². The Morgan fingerprint density at radius 1 is 1.35 bits per heavy atom. The first-order valence-electron chi connectivity index (χ1n) is 7.62. The van der Waals surface area contributed by atoms with Gasteiger partial charge >= 0.3 is 0 Å². The zero-order valence-electron chi connectivity index (χ0n) is 11.9. The molecule has 1 saturated heterocycles. The van der Waals surface area contributed by atoms with Crippen molar-refractivity contribution in [1.82, 2.24) is 9.97 Å². The lowest BCUT2D eigenvalue weighted by molar-refractivity contribution is 0.0838. The molecule has 4 nitrogen and oxygen atoms in total. The molecule has 0 aliphatic carbocycles. The van der Waals surface area contributed by atoms with Crippen molar-refractivity contribution in [3.8, 4) is 0 Å². The molecule has 1 unspecified atom stereocenters. The fourth-order valence-corrected chi connectivity index (χ4v) is 3.68. The van der Waals surface area contributed by atoms with Crippen LogP contribution in [0.25, 0.3) is 10.9 Å². The lowest BCUT2D eigenvalue weighted by atomic mass is 10.0. The Labute approximate surface area is 119 Å². The maximum Gasteiger partial charge on any atom is 0.138 e.